The van der Waals surface area contributed by atoms with E-state index in [9.17, 15) is 21.6 Å². The van der Waals surface area contributed by atoms with Crippen LogP contribution in [0.15, 0.2) is 40.1 Å². The van der Waals surface area contributed by atoms with Crippen molar-refractivity contribution in [1.82, 2.24) is 19.4 Å². The van der Waals surface area contributed by atoms with Gasteiger partial charge in [-0.25, -0.2) is 22.7 Å². The highest BCUT2D eigenvalue weighted by Gasteiger charge is 2.33. The first-order valence-corrected chi connectivity index (χ1v) is 13.3. The molecule has 0 radical (unpaired) electrons. The van der Waals surface area contributed by atoms with Crippen LogP contribution < -0.4 is 0 Å². The lowest BCUT2D eigenvalue weighted by Crippen LogP contribution is -2.25. The number of halogens is 3. The highest BCUT2D eigenvalue weighted by molar-refractivity contribution is 8.02. The Balaban J connectivity index is 1.85. The van der Waals surface area contributed by atoms with Gasteiger partial charge in [-0.3, -0.25) is 9.38 Å². The molecule has 172 valence electrons. The van der Waals surface area contributed by atoms with Gasteiger partial charge in [0.05, 0.1) is 35.7 Å². The van der Waals surface area contributed by atoms with Gasteiger partial charge in [-0.05, 0) is 6.07 Å². The van der Waals surface area contributed by atoms with Gasteiger partial charge in [-0.2, -0.15) is 13.2 Å². The molecule has 0 spiro atoms. The predicted molar refractivity (Wildman–Crippen MR) is 116 cm³/mol. The molecule has 3 aromatic rings. The van der Waals surface area contributed by atoms with Gasteiger partial charge < -0.3 is 4.74 Å². The van der Waals surface area contributed by atoms with Crippen molar-refractivity contribution in [3.8, 4) is 11.4 Å². The normalized spacial score (nSPS) is 16.9. The summed E-state index contributed by atoms with van der Waals surface area (Å²) in [6.07, 6.45) is -0.818. The molecule has 0 unspecified atom stereocenters. The average Bonchev–Trinajstić information content (AvgIpc) is 3.16. The maximum absolute atomic E-state index is 13.0. The molecule has 8 nitrogen and oxygen atoms in total. The number of nitrogens with zero attached hydrogens (tertiary/aromatic N) is 5. The van der Waals surface area contributed by atoms with Gasteiger partial charge in [0.15, 0.2) is 9.84 Å². The fourth-order valence-corrected chi connectivity index (χ4v) is 6.03. The highest BCUT2D eigenvalue weighted by atomic mass is 32.2. The standard InChI is InChI=1S/C19H20F3N5O3S2/c1-3-32(28,29)15-8-13(26-31(2)6-4-30-5-7-31)10-23-18(15)14-11-27-12-24-16(19(20,21)22)9-17(27)25-14/h8-12H,2-7H2,1H3. The molecule has 32 heavy (non-hydrogen) atoms. The molecule has 3 aromatic heterocycles. The Hall–Kier alpha value is -2.51. The number of pyridine rings is 1. The van der Waals surface area contributed by atoms with Crippen molar-refractivity contribution >= 4 is 36.5 Å². The smallest absolute Gasteiger partial charge is 0.380 e. The van der Waals surface area contributed by atoms with E-state index in [1.54, 1.807) is 0 Å². The van der Waals surface area contributed by atoms with E-state index in [0.29, 0.717) is 30.4 Å². The number of hydrogen-bond acceptors (Lipinski definition) is 7. The van der Waals surface area contributed by atoms with Crippen molar-refractivity contribution in [3.63, 3.8) is 0 Å². The molecule has 0 saturated carbocycles. The average molecular weight is 488 g/mol. The quantitative estimate of drug-likeness (QED) is 0.525. The lowest BCUT2D eigenvalue weighted by molar-refractivity contribution is -0.141. The van der Waals surface area contributed by atoms with Crippen LogP contribution in [0.4, 0.5) is 18.9 Å². The Morgan fingerprint density at radius 3 is 2.62 bits per heavy atom. The van der Waals surface area contributed by atoms with E-state index in [0.717, 1.165) is 12.4 Å². The van der Waals surface area contributed by atoms with Crippen molar-refractivity contribution in [2.24, 2.45) is 4.36 Å². The SMILES string of the molecule is C=S1(=Nc2cnc(-c3cn4cnc(C(F)(F)F)cc4n3)c(S(=O)(=O)CC)c2)CCOCC1. The topological polar surface area (TPSA) is 98.8 Å². The Labute approximate surface area is 183 Å². The van der Waals surface area contributed by atoms with Crippen molar-refractivity contribution in [2.45, 2.75) is 18.0 Å². The molecule has 0 aromatic carbocycles. The molecule has 1 fully saturated rings. The van der Waals surface area contributed by atoms with Gasteiger partial charge in [-0.1, -0.05) is 12.8 Å². The van der Waals surface area contributed by atoms with Gasteiger partial charge in [0, 0.05) is 23.8 Å². The summed E-state index contributed by atoms with van der Waals surface area (Å²) in [5.74, 6) is 5.38. The number of aromatic nitrogens is 4. The minimum atomic E-state index is -4.62. The Morgan fingerprint density at radius 1 is 1.25 bits per heavy atom. The summed E-state index contributed by atoms with van der Waals surface area (Å²) in [6, 6.07) is 2.22. The van der Waals surface area contributed by atoms with Crippen LogP contribution >= 0.6 is 0 Å². The van der Waals surface area contributed by atoms with E-state index in [2.05, 4.69) is 25.2 Å². The van der Waals surface area contributed by atoms with Gasteiger partial charge in [0.2, 0.25) is 0 Å². The zero-order chi connectivity index (χ0) is 23.1. The van der Waals surface area contributed by atoms with Crippen LogP contribution in [-0.2, 0) is 30.2 Å². The molecule has 13 heteroatoms. The van der Waals surface area contributed by atoms with Crippen LogP contribution in [0.3, 0.4) is 0 Å². The molecule has 0 amide bonds. The van der Waals surface area contributed by atoms with E-state index in [-0.39, 0.29) is 27.7 Å². The lowest BCUT2D eigenvalue weighted by atomic mass is 10.3. The summed E-state index contributed by atoms with van der Waals surface area (Å²) in [7, 11) is -5.33. The number of fused-ring (bicyclic) bond motifs is 1. The second-order valence-corrected chi connectivity index (χ2v) is 12.5. The van der Waals surface area contributed by atoms with Crippen molar-refractivity contribution in [3.05, 3.63) is 36.5 Å². The minimum Gasteiger partial charge on any atom is -0.380 e. The summed E-state index contributed by atoms with van der Waals surface area (Å²) in [5.41, 5.74) is -0.569. The number of sulfone groups is 1. The predicted octanol–water partition coefficient (Wildman–Crippen LogP) is 3.04. The van der Waals surface area contributed by atoms with E-state index in [1.807, 2.05) is 0 Å². The van der Waals surface area contributed by atoms with E-state index < -0.39 is 31.1 Å². The summed E-state index contributed by atoms with van der Waals surface area (Å²) in [4.78, 5) is 11.8. The molecule has 0 aliphatic carbocycles. The van der Waals surface area contributed by atoms with E-state index in [1.165, 1.54) is 29.8 Å². The van der Waals surface area contributed by atoms with Crippen LogP contribution in [0.2, 0.25) is 0 Å². The zero-order valence-corrected chi connectivity index (χ0v) is 18.7. The largest absolute Gasteiger partial charge is 0.433 e. The highest BCUT2D eigenvalue weighted by Crippen LogP contribution is 2.32. The molecule has 0 N–H and O–H groups in total. The molecule has 1 saturated heterocycles. The molecule has 4 rings (SSSR count). The van der Waals surface area contributed by atoms with Crippen LogP contribution in [0.5, 0.6) is 0 Å². The van der Waals surface area contributed by atoms with Crippen molar-refractivity contribution < 1.29 is 26.3 Å². The Kier molecular flexibility index (Phi) is 5.75. The van der Waals surface area contributed by atoms with Gasteiger partial charge >= 0.3 is 6.18 Å². The Morgan fingerprint density at radius 2 is 1.97 bits per heavy atom. The zero-order valence-electron chi connectivity index (χ0n) is 17.0. The third-order valence-corrected chi connectivity index (χ3v) is 9.14. The summed E-state index contributed by atoms with van der Waals surface area (Å²) in [6.45, 7) is 2.59. The molecule has 0 bridgehead atoms. The number of ether oxygens (including phenoxy) is 1. The third kappa shape index (κ3) is 4.50. The number of hydrogen-bond donors (Lipinski definition) is 0. The second-order valence-electron chi connectivity index (χ2n) is 7.22. The summed E-state index contributed by atoms with van der Waals surface area (Å²) >= 11 is 0. The summed E-state index contributed by atoms with van der Waals surface area (Å²) < 4.78 is 75.8. The van der Waals surface area contributed by atoms with E-state index >= 15 is 0 Å². The first-order valence-electron chi connectivity index (χ1n) is 9.58. The lowest BCUT2D eigenvalue weighted by Gasteiger charge is -2.21. The fraction of sp³-hybridized carbons (Fsp3) is 0.368. The van der Waals surface area contributed by atoms with Crippen molar-refractivity contribution in [2.75, 3.05) is 30.5 Å². The first kappa shape index (κ1) is 22.7. The van der Waals surface area contributed by atoms with Crippen molar-refractivity contribution in [1.29, 1.82) is 0 Å². The van der Waals surface area contributed by atoms with Crippen LogP contribution in [0, 0.1) is 0 Å². The molecule has 4 heterocycles. The monoisotopic (exact) mass is 487 g/mol. The molecule has 0 atom stereocenters. The maximum Gasteiger partial charge on any atom is 0.433 e. The molecule has 1 aliphatic rings. The van der Waals surface area contributed by atoms with Crippen LogP contribution in [0.1, 0.15) is 12.6 Å². The van der Waals surface area contributed by atoms with Gasteiger partial charge in [0.25, 0.3) is 0 Å². The third-order valence-electron chi connectivity index (χ3n) is 4.95. The Bertz CT molecular complexity index is 1400. The minimum absolute atomic E-state index is 0.0268. The van der Waals surface area contributed by atoms with Crippen LogP contribution in [0.25, 0.3) is 17.0 Å². The van der Waals surface area contributed by atoms with Crippen LogP contribution in [-0.4, -0.2) is 64.1 Å². The molecule has 1 aliphatic heterocycles. The second kappa shape index (κ2) is 8.12. The number of alkyl halides is 3. The fourth-order valence-electron chi connectivity index (χ4n) is 3.18. The summed E-state index contributed by atoms with van der Waals surface area (Å²) in [5, 5.41) is 0. The molecular formula is C19H20F3N5O3S2. The molecular weight excluding hydrogens is 467 g/mol. The number of rotatable bonds is 4. The van der Waals surface area contributed by atoms with Gasteiger partial charge in [-0.15, -0.1) is 9.41 Å². The van der Waals surface area contributed by atoms with Gasteiger partial charge in [0.1, 0.15) is 29.1 Å². The maximum atomic E-state index is 13.0. The van der Waals surface area contributed by atoms with E-state index in [4.69, 9.17) is 4.74 Å². The first-order chi connectivity index (χ1) is 15.0. The number of imidazole rings is 1.